The Morgan fingerprint density at radius 2 is 2.35 bits per heavy atom. The van der Waals surface area contributed by atoms with Crippen molar-refractivity contribution in [2.45, 2.75) is 32.7 Å². The van der Waals surface area contributed by atoms with Crippen molar-refractivity contribution in [3.8, 4) is 0 Å². The second kappa shape index (κ2) is 5.07. The third-order valence-electron chi connectivity index (χ3n) is 3.62. The van der Waals surface area contributed by atoms with E-state index >= 15 is 0 Å². The van der Waals surface area contributed by atoms with E-state index < -0.39 is 0 Å². The van der Waals surface area contributed by atoms with Crippen LogP contribution in [0.2, 0.25) is 0 Å². The summed E-state index contributed by atoms with van der Waals surface area (Å²) >= 11 is 0. The lowest BCUT2D eigenvalue weighted by molar-refractivity contribution is 0.356. The van der Waals surface area contributed by atoms with Gasteiger partial charge in [0.2, 0.25) is 5.89 Å². The number of hydrogen-bond donors (Lipinski definition) is 0. The second-order valence-electron chi connectivity index (χ2n) is 4.95. The Balaban J connectivity index is 1.82. The maximum Gasteiger partial charge on any atom is 0.293 e. The van der Waals surface area contributed by atoms with Crippen LogP contribution >= 0.6 is 0 Å². The highest BCUT2D eigenvalue weighted by Gasteiger charge is 2.30. The van der Waals surface area contributed by atoms with Crippen molar-refractivity contribution in [2.24, 2.45) is 0 Å². The van der Waals surface area contributed by atoms with Gasteiger partial charge in [-0.25, -0.2) is 4.98 Å². The molecule has 1 saturated heterocycles. The number of nitrogens with zero attached hydrogens (tertiary/aromatic N) is 5. The summed E-state index contributed by atoms with van der Waals surface area (Å²) in [6, 6.07) is 0. The molecule has 1 aliphatic heterocycles. The zero-order valence-corrected chi connectivity index (χ0v) is 11.6. The van der Waals surface area contributed by atoms with Gasteiger partial charge in [0.25, 0.3) is 5.56 Å². The van der Waals surface area contributed by atoms with E-state index in [0.29, 0.717) is 30.6 Å². The highest BCUT2D eigenvalue weighted by atomic mass is 16.5. The van der Waals surface area contributed by atoms with Crippen LogP contribution in [-0.2, 0) is 6.54 Å². The lowest BCUT2D eigenvalue weighted by Gasteiger charge is -2.16. The van der Waals surface area contributed by atoms with E-state index in [0.717, 1.165) is 13.0 Å². The van der Waals surface area contributed by atoms with Crippen LogP contribution in [-0.4, -0.2) is 32.8 Å². The van der Waals surface area contributed by atoms with E-state index in [1.807, 2.05) is 11.8 Å². The van der Waals surface area contributed by atoms with E-state index in [4.69, 9.17) is 4.52 Å². The molecule has 2 aromatic rings. The monoisotopic (exact) mass is 275 g/mol. The molecule has 0 spiro atoms. The molecule has 3 heterocycles. The molecular weight excluding hydrogens is 258 g/mol. The number of anilines is 1. The Labute approximate surface area is 116 Å². The van der Waals surface area contributed by atoms with E-state index in [1.54, 1.807) is 23.9 Å². The molecule has 1 atom stereocenters. The minimum atomic E-state index is -0.0441. The van der Waals surface area contributed by atoms with Gasteiger partial charge in [0, 0.05) is 32.0 Å². The SMILES string of the molecule is CCn1ccnc(N2CCC(c3nc(C)no3)C2)c1=O. The predicted octanol–water partition coefficient (Wildman–Crippen LogP) is 0.949. The zero-order valence-electron chi connectivity index (χ0n) is 11.6. The molecule has 20 heavy (non-hydrogen) atoms. The smallest absolute Gasteiger partial charge is 0.293 e. The molecule has 0 N–H and O–H groups in total. The summed E-state index contributed by atoms with van der Waals surface area (Å²) in [6.07, 6.45) is 4.27. The average molecular weight is 275 g/mol. The van der Waals surface area contributed by atoms with Gasteiger partial charge in [-0.1, -0.05) is 5.16 Å². The minimum Gasteiger partial charge on any atom is -0.351 e. The number of aryl methyl sites for hydroxylation is 2. The first-order valence-electron chi connectivity index (χ1n) is 6.79. The quantitative estimate of drug-likeness (QED) is 0.830. The fraction of sp³-hybridized carbons (Fsp3) is 0.538. The molecule has 3 rings (SSSR count). The molecule has 2 aromatic heterocycles. The summed E-state index contributed by atoms with van der Waals surface area (Å²) in [5, 5.41) is 3.82. The number of aromatic nitrogens is 4. The van der Waals surface area contributed by atoms with E-state index in [9.17, 15) is 4.79 Å². The first-order chi connectivity index (χ1) is 9.69. The summed E-state index contributed by atoms with van der Waals surface area (Å²) in [5.74, 6) is 1.97. The van der Waals surface area contributed by atoms with Gasteiger partial charge in [-0.2, -0.15) is 4.98 Å². The van der Waals surface area contributed by atoms with Crippen molar-refractivity contribution in [1.82, 2.24) is 19.7 Å². The van der Waals surface area contributed by atoms with Crippen molar-refractivity contribution < 1.29 is 4.52 Å². The Morgan fingerprint density at radius 1 is 1.50 bits per heavy atom. The fourth-order valence-electron chi connectivity index (χ4n) is 2.53. The Morgan fingerprint density at radius 3 is 3.05 bits per heavy atom. The summed E-state index contributed by atoms with van der Waals surface area (Å²) in [4.78, 5) is 22.7. The summed E-state index contributed by atoms with van der Waals surface area (Å²) in [6.45, 7) is 5.87. The third-order valence-corrected chi connectivity index (χ3v) is 3.62. The Kier molecular flexibility index (Phi) is 3.25. The van der Waals surface area contributed by atoms with Gasteiger partial charge in [0.05, 0.1) is 5.92 Å². The highest BCUT2D eigenvalue weighted by Crippen LogP contribution is 2.27. The maximum absolute atomic E-state index is 12.2. The van der Waals surface area contributed by atoms with E-state index in [1.165, 1.54) is 0 Å². The van der Waals surface area contributed by atoms with Gasteiger partial charge >= 0.3 is 0 Å². The molecule has 0 aliphatic carbocycles. The molecule has 7 heteroatoms. The van der Waals surface area contributed by atoms with Crippen LogP contribution in [0, 0.1) is 6.92 Å². The fourth-order valence-corrected chi connectivity index (χ4v) is 2.53. The topological polar surface area (TPSA) is 77.1 Å². The number of hydrogen-bond acceptors (Lipinski definition) is 6. The Bertz CT molecular complexity index is 663. The van der Waals surface area contributed by atoms with E-state index in [-0.39, 0.29) is 11.5 Å². The van der Waals surface area contributed by atoms with Crippen LogP contribution in [0.1, 0.15) is 31.0 Å². The summed E-state index contributed by atoms with van der Waals surface area (Å²) in [7, 11) is 0. The molecule has 1 fully saturated rings. The van der Waals surface area contributed by atoms with Crippen LogP contribution in [0.15, 0.2) is 21.7 Å². The van der Waals surface area contributed by atoms with Crippen LogP contribution in [0.3, 0.4) is 0 Å². The van der Waals surface area contributed by atoms with Gasteiger partial charge in [-0.3, -0.25) is 4.79 Å². The molecule has 0 amide bonds. The molecule has 0 saturated carbocycles. The molecule has 7 nitrogen and oxygen atoms in total. The molecule has 0 aromatic carbocycles. The van der Waals surface area contributed by atoms with Gasteiger partial charge < -0.3 is 14.0 Å². The van der Waals surface area contributed by atoms with Gasteiger partial charge in [0.1, 0.15) is 0 Å². The van der Waals surface area contributed by atoms with E-state index in [2.05, 4.69) is 15.1 Å². The second-order valence-corrected chi connectivity index (χ2v) is 4.95. The highest BCUT2D eigenvalue weighted by molar-refractivity contribution is 5.38. The third kappa shape index (κ3) is 2.19. The van der Waals surface area contributed by atoms with Crippen LogP contribution in [0.4, 0.5) is 5.82 Å². The largest absolute Gasteiger partial charge is 0.351 e. The van der Waals surface area contributed by atoms with Crippen molar-refractivity contribution in [3.05, 3.63) is 34.5 Å². The molecule has 106 valence electrons. The molecule has 0 bridgehead atoms. The maximum atomic E-state index is 12.2. The van der Waals surface area contributed by atoms with Gasteiger partial charge in [0.15, 0.2) is 11.6 Å². The standard InChI is InChI=1S/C13H17N5O2/c1-3-17-7-5-14-11(13(17)19)18-6-4-10(8-18)12-15-9(2)16-20-12/h5,7,10H,3-4,6,8H2,1-2H3. The summed E-state index contributed by atoms with van der Waals surface area (Å²) in [5.41, 5.74) is -0.0441. The van der Waals surface area contributed by atoms with Crippen molar-refractivity contribution in [3.63, 3.8) is 0 Å². The predicted molar refractivity (Wildman–Crippen MR) is 72.8 cm³/mol. The summed E-state index contributed by atoms with van der Waals surface area (Å²) < 4.78 is 6.88. The van der Waals surface area contributed by atoms with Crippen LogP contribution < -0.4 is 10.5 Å². The molecule has 0 radical (unpaired) electrons. The van der Waals surface area contributed by atoms with Crippen molar-refractivity contribution in [1.29, 1.82) is 0 Å². The Hall–Kier alpha value is -2.18. The molecular formula is C13H17N5O2. The van der Waals surface area contributed by atoms with Gasteiger partial charge in [-0.15, -0.1) is 0 Å². The van der Waals surface area contributed by atoms with Crippen molar-refractivity contribution >= 4 is 5.82 Å². The lowest BCUT2D eigenvalue weighted by Crippen LogP contribution is -2.31. The normalized spacial score (nSPS) is 18.7. The first-order valence-corrected chi connectivity index (χ1v) is 6.79. The zero-order chi connectivity index (χ0) is 14.1. The number of rotatable bonds is 3. The van der Waals surface area contributed by atoms with Crippen LogP contribution in [0.5, 0.6) is 0 Å². The van der Waals surface area contributed by atoms with Crippen LogP contribution in [0.25, 0.3) is 0 Å². The lowest BCUT2D eigenvalue weighted by atomic mass is 10.1. The van der Waals surface area contributed by atoms with Crippen molar-refractivity contribution in [2.75, 3.05) is 18.0 Å². The minimum absolute atomic E-state index is 0.0441. The molecule has 1 unspecified atom stereocenters. The first kappa shape index (κ1) is 12.8. The average Bonchev–Trinajstić information content (AvgIpc) is 3.07. The molecule has 1 aliphatic rings. The van der Waals surface area contributed by atoms with Gasteiger partial charge in [-0.05, 0) is 20.3 Å².